The van der Waals surface area contributed by atoms with E-state index in [1.54, 1.807) is 45.0 Å². The highest BCUT2D eigenvalue weighted by molar-refractivity contribution is 6.21. The molecule has 0 unspecified atom stereocenters. The van der Waals surface area contributed by atoms with Gasteiger partial charge in [-0.3, -0.25) is 14.5 Å². The molecular formula is C18H22N2O5. The number of hydrogen-bond donors (Lipinski definition) is 1. The van der Waals surface area contributed by atoms with E-state index in [4.69, 9.17) is 4.74 Å². The first kappa shape index (κ1) is 17.4. The van der Waals surface area contributed by atoms with Gasteiger partial charge in [0.15, 0.2) is 0 Å². The van der Waals surface area contributed by atoms with Crippen molar-refractivity contribution < 1.29 is 24.2 Å². The average Bonchev–Trinajstić information content (AvgIpc) is 3.06. The van der Waals surface area contributed by atoms with Crippen molar-refractivity contribution in [2.75, 3.05) is 13.2 Å². The molecule has 1 N–H and O–H groups in total. The molecule has 7 nitrogen and oxygen atoms in total. The maximum atomic E-state index is 12.6. The number of hydrogen-bond acceptors (Lipinski definition) is 5. The van der Waals surface area contributed by atoms with Gasteiger partial charge in [0.1, 0.15) is 5.60 Å². The summed E-state index contributed by atoms with van der Waals surface area (Å²) in [6.07, 6.45) is -0.216. The van der Waals surface area contributed by atoms with Crippen LogP contribution in [0.15, 0.2) is 24.3 Å². The Balaban J connectivity index is 1.80. The van der Waals surface area contributed by atoms with Gasteiger partial charge in [-0.05, 0) is 39.3 Å². The van der Waals surface area contributed by atoms with Crippen LogP contribution in [-0.4, -0.2) is 63.7 Å². The number of carbonyl (C=O) groups excluding carboxylic acids is 3. The van der Waals surface area contributed by atoms with E-state index in [-0.39, 0.29) is 25.0 Å². The first-order chi connectivity index (χ1) is 11.7. The second kappa shape index (κ2) is 6.15. The summed E-state index contributed by atoms with van der Waals surface area (Å²) in [5, 5.41) is 9.61. The van der Waals surface area contributed by atoms with Crippen molar-refractivity contribution in [1.82, 2.24) is 9.80 Å². The van der Waals surface area contributed by atoms with Crippen LogP contribution in [-0.2, 0) is 4.74 Å². The minimum Gasteiger partial charge on any atom is -0.444 e. The average molecular weight is 346 g/mol. The molecule has 25 heavy (non-hydrogen) atoms. The fourth-order valence-electron chi connectivity index (χ4n) is 3.34. The third kappa shape index (κ3) is 3.11. The lowest BCUT2D eigenvalue weighted by Crippen LogP contribution is -2.44. The largest absolute Gasteiger partial charge is 0.444 e. The molecule has 0 radical (unpaired) electrons. The van der Waals surface area contributed by atoms with Crippen LogP contribution in [0.25, 0.3) is 0 Å². The maximum Gasteiger partial charge on any atom is 0.410 e. The molecule has 2 aliphatic rings. The summed E-state index contributed by atoms with van der Waals surface area (Å²) in [6.45, 7) is 5.19. The Morgan fingerprint density at radius 2 is 1.76 bits per heavy atom. The van der Waals surface area contributed by atoms with Gasteiger partial charge < -0.3 is 14.7 Å². The van der Waals surface area contributed by atoms with Crippen molar-refractivity contribution in [3.8, 4) is 0 Å². The zero-order chi connectivity index (χ0) is 18.4. The van der Waals surface area contributed by atoms with E-state index < -0.39 is 23.8 Å². The molecule has 2 atom stereocenters. The highest BCUT2D eigenvalue weighted by Crippen LogP contribution is 2.31. The zero-order valence-corrected chi connectivity index (χ0v) is 14.6. The maximum absolute atomic E-state index is 12.6. The molecule has 0 aliphatic carbocycles. The summed E-state index contributed by atoms with van der Waals surface area (Å²) in [6, 6.07) is 5.72. The van der Waals surface area contributed by atoms with Crippen LogP contribution >= 0.6 is 0 Å². The molecule has 1 fully saturated rings. The molecule has 0 saturated carbocycles. The van der Waals surface area contributed by atoms with Crippen LogP contribution in [0.2, 0.25) is 0 Å². The molecule has 1 aromatic carbocycles. The Morgan fingerprint density at radius 1 is 1.20 bits per heavy atom. The Kier molecular flexibility index (Phi) is 4.28. The van der Waals surface area contributed by atoms with Crippen molar-refractivity contribution in [3.63, 3.8) is 0 Å². The Hall–Kier alpha value is -2.41. The summed E-state index contributed by atoms with van der Waals surface area (Å²) in [7, 11) is 0. The fraction of sp³-hybridized carbons (Fsp3) is 0.500. The molecule has 0 spiro atoms. The molecule has 2 aliphatic heterocycles. The zero-order valence-electron chi connectivity index (χ0n) is 14.6. The van der Waals surface area contributed by atoms with Crippen LogP contribution in [0.1, 0.15) is 47.9 Å². The molecule has 7 heteroatoms. The molecule has 1 aromatic rings. The van der Waals surface area contributed by atoms with Crippen molar-refractivity contribution in [1.29, 1.82) is 0 Å². The van der Waals surface area contributed by atoms with Crippen molar-refractivity contribution in [2.45, 2.75) is 44.9 Å². The third-order valence-electron chi connectivity index (χ3n) is 4.42. The molecule has 134 valence electrons. The topological polar surface area (TPSA) is 87.2 Å². The van der Waals surface area contributed by atoms with Gasteiger partial charge in [-0.2, -0.15) is 0 Å². The lowest BCUT2D eigenvalue weighted by molar-refractivity contribution is 0.0166. The number of fused-ring (bicyclic) bond motifs is 1. The van der Waals surface area contributed by atoms with Gasteiger partial charge >= 0.3 is 6.09 Å². The number of nitrogens with zero attached hydrogens (tertiary/aromatic N) is 2. The molecule has 2 heterocycles. The Labute approximate surface area is 146 Å². The van der Waals surface area contributed by atoms with Crippen molar-refractivity contribution in [3.05, 3.63) is 35.4 Å². The summed E-state index contributed by atoms with van der Waals surface area (Å²) in [4.78, 5) is 40.2. The minimum absolute atomic E-state index is 0.158. The van der Waals surface area contributed by atoms with Crippen LogP contribution in [0, 0.1) is 0 Å². The first-order valence-corrected chi connectivity index (χ1v) is 8.30. The SMILES string of the molecule is CC(C)(C)OC(=O)N1C[C@@H](N2C(=O)c3ccccc3C2=O)C[C@@H]1CO. The first-order valence-electron chi connectivity index (χ1n) is 8.30. The molecule has 1 saturated heterocycles. The van der Waals surface area contributed by atoms with Gasteiger partial charge in [-0.1, -0.05) is 12.1 Å². The van der Waals surface area contributed by atoms with Crippen molar-refractivity contribution >= 4 is 17.9 Å². The monoisotopic (exact) mass is 346 g/mol. The van der Waals surface area contributed by atoms with Gasteiger partial charge in [0.05, 0.1) is 29.8 Å². The van der Waals surface area contributed by atoms with E-state index in [1.165, 1.54) is 9.80 Å². The lowest BCUT2D eigenvalue weighted by Gasteiger charge is -2.28. The Morgan fingerprint density at radius 3 is 2.24 bits per heavy atom. The van der Waals surface area contributed by atoms with Gasteiger partial charge in [-0.25, -0.2) is 4.79 Å². The van der Waals surface area contributed by atoms with Crippen LogP contribution in [0.3, 0.4) is 0 Å². The van der Waals surface area contributed by atoms with E-state index in [1.807, 2.05) is 0 Å². The van der Waals surface area contributed by atoms with Crippen molar-refractivity contribution in [2.24, 2.45) is 0 Å². The number of benzene rings is 1. The smallest absolute Gasteiger partial charge is 0.410 e. The third-order valence-corrected chi connectivity index (χ3v) is 4.42. The minimum atomic E-state index is -0.662. The number of amides is 3. The lowest BCUT2D eigenvalue weighted by atomic mass is 10.1. The summed E-state index contributed by atoms with van der Waals surface area (Å²) >= 11 is 0. The molecule has 3 amide bonds. The molecule has 0 bridgehead atoms. The number of ether oxygens (including phenoxy) is 1. The number of aliphatic hydroxyl groups excluding tert-OH is 1. The number of imide groups is 1. The quantitative estimate of drug-likeness (QED) is 0.823. The van der Waals surface area contributed by atoms with E-state index in [9.17, 15) is 19.5 Å². The molecular weight excluding hydrogens is 324 g/mol. The van der Waals surface area contributed by atoms with Crippen LogP contribution in [0.4, 0.5) is 4.79 Å². The number of rotatable bonds is 2. The van der Waals surface area contributed by atoms with Gasteiger partial charge in [-0.15, -0.1) is 0 Å². The summed E-state index contributed by atoms with van der Waals surface area (Å²) in [5.41, 5.74) is 0.0950. The Bertz CT molecular complexity index is 689. The van der Waals surface area contributed by atoms with E-state index >= 15 is 0 Å². The molecule has 3 rings (SSSR count). The summed E-state index contributed by atoms with van der Waals surface area (Å²) < 4.78 is 5.37. The second-order valence-electron chi connectivity index (χ2n) is 7.38. The van der Waals surface area contributed by atoms with Gasteiger partial charge in [0.2, 0.25) is 0 Å². The molecule has 0 aromatic heterocycles. The van der Waals surface area contributed by atoms with Crippen LogP contribution < -0.4 is 0 Å². The normalized spacial score (nSPS) is 23.2. The van der Waals surface area contributed by atoms with Crippen LogP contribution in [0.5, 0.6) is 0 Å². The number of likely N-dealkylation sites (tertiary alicyclic amines) is 1. The van der Waals surface area contributed by atoms with E-state index in [0.717, 1.165) is 0 Å². The van der Waals surface area contributed by atoms with Gasteiger partial charge in [0, 0.05) is 6.54 Å². The van der Waals surface area contributed by atoms with Gasteiger partial charge in [0.25, 0.3) is 11.8 Å². The highest BCUT2D eigenvalue weighted by atomic mass is 16.6. The predicted molar refractivity (Wildman–Crippen MR) is 89.2 cm³/mol. The highest BCUT2D eigenvalue weighted by Gasteiger charge is 2.46. The summed E-state index contributed by atoms with van der Waals surface area (Å²) in [5.74, 6) is -0.707. The predicted octanol–water partition coefficient (Wildman–Crippen LogP) is 1.65. The second-order valence-corrected chi connectivity index (χ2v) is 7.38. The standard InChI is InChI=1S/C18H22N2O5/c1-18(2,3)25-17(24)19-9-11(8-12(19)10-21)20-15(22)13-6-4-5-7-14(13)16(20)23/h4-7,11-12,21H,8-10H2,1-3H3/t11-,12+/m0/s1. The number of carbonyl (C=O) groups is 3. The number of aliphatic hydroxyl groups is 1. The van der Waals surface area contributed by atoms with E-state index in [2.05, 4.69) is 0 Å². The fourth-order valence-corrected chi connectivity index (χ4v) is 3.34. The van der Waals surface area contributed by atoms with E-state index in [0.29, 0.717) is 17.5 Å².